The number of aromatic nitrogens is 1. The van der Waals surface area contributed by atoms with Crippen LogP contribution in [-0.4, -0.2) is 41.0 Å². The molecular weight excluding hydrogens is 433 g/mol. The third-order valence-electron chi connectivity index (χ3n) is 5.55. The summed E-state index contributed by atoms with van der Waals surface area (Å²) in [5, 5.41) is 3.14. The number of hydrogen-bond acceptors (Lipinski definition) is 5. The SMILES string of the molecule is CC(C)N1CCc2nc3ccccc3c(C(=O)OCC(=O)Nc3ccc(F)c(Cl)c3)c2C1. The first-order valence-electron chi connectivity index (χ1n) is 10.4. The topological polar surface area (TPSA) is 71.5 Å². The molecule has 8 heteroatoms. The number of ether oxygens (including phenoxy) is 1. The number of fused-ring (bicyclic) bond motifs is 2. The van der Waals surface area contributed by atoms with E-state index in [1.807, 2.05) is 24.3 Å². The van der Waals surface area contributed by atoms with Crippen molar-refractivity contribution in [1.82, 2.24) is 9.88 Å². The van der Waals surface area contributed by atoms with Crippen molar-refractivity contribution in [2.75, 3.05) is 18.5 Å². The van der Waals surface area contributed by atoms with Gasteiger partial charge in [-0.25, -0.2) is 9.18 Å². The molecule has 0 aliphatic carbocycles. The zero-order valence-corrected chi connectivity index (χ0v) is 18.6. The fraction of sp³-hybridized carbons (Fsp3) is 0.292. The largest absolute Gasteiger partial charge is 0.452 e. The highest BCUT2D eigenvalue weighted by Crippen LogP contribution is 2.29. The van der Waals surface area contributed by atoms with E-state index in [4.69, 9.17) is 21.3 Å². The highest BCUT2D eigenvalue weighted by atomic mass is 35.5. The number of rotatable bonds is 5. The van der Waals surface area contributed by atoms with E-state index in [1.54, 1.807) is 0 Å². The molecule has 166 valence electrons. The average molecular weight is 456 g/mol. The van der Waals surface area contributed by atoms with Gasteiger partial charge in [-0.05, 0) is 38.1 Å². The van der Waals surface area contributed by atoms with E-state index in [2.05, 4.69) is 24.1 Å². The van der Waals surface area contributed by atoms with Crippen LogP contribution in [0.1, 0.15) is 35.5 Å². The van der Waals surface area contributed by atoms with Crippen LogP contribution >= 0.6 is 11.6 Å². The highest BCUT2D eigenvalue weighted by molar-refractivity contribution is 6.31. The Kier molecular flexibility index (Phi) is 6.39. The number of esters is 1. The van der Waals surface area contributed by atoms with Gasteiger partial charge in [0.2, 0.25) is 0 Å². The summed E-state index contributed by atoms with van der Waals surface area (Å²) in [6.45, 7) is 5.21. The number of para-hydroxylation sites is 1. The molecule has 0 saturated carbocycles. The number of nitrogens with one attached hydrogen (secondary N) is 1. The molecule has 3 aromatic rings. The van der Waals surface area contributed by atoms with Crippen LogP contribution in [0.5, 0.6) is 0 Å². The average Bonchev–Trinajstić information content (AvgIpc) is 2.77. The molecule has 1 N–H and O–H groups in total. The first kappa shape index (κ1) is 22.2. The summed E-state index contributed by atoms with van der Waals surface area (Å²) < 4.78 is 18.7. The Labute approximate surface area is 190 Å². The van der Waals surface area contributed by atoms with Gasteiger partial charge >= 0.3 is 5.97 Å². The Morgan fingerprint density at radius 1 is 1.25 bits per heavy atom. The van der Waals surface area contributed by atoms with Crippen LogP contribution in [0.25, 0.3) is 10.9 Å². The van der Waals surface area contributed by atoms with Crippen molar-refractivity contribution in [2.24, 2.45) is 0 Å². The molecule has 4 rings (SSSR count). The molecule has 2 aromatic carbocycles. The van der Waals surface area contributed by atoms with E-state index < -0.39 is 24.3 Å². The second-order valence-electron chi connectivity index (χ2n) is 8.00. The molecule has 0 fully saturated rings. The summed E-state index contributed by atoms with van der Waals surface area (Å²) in [6, 6.07) is 11.6. The lowest BCUT2D eigenvalue weighted by Crippen LogP contribution is -2.37. The maximum Gasteiger partial charge on any atom is 0.339 e. The quantitative estimate of drug-likeness (QED) is 0.570. The zero-order valence-electron chi connectivity index (χ0n) is 17.8. The minimum Gasteiger partial charge on any atom is -0.452 e. The van der Waals surface area contributed by atoms with E-state index in [-0.39, 0.29) is 5.02 Å². The summed E-state index contributed by atoms with van der Waals surface area (Å²) in [5.41, 5.74) is 3.23. The molecular formula is C24H23ClFN3O3. The Morgan fingerprint density at radius 3 is 2.78 bits per heavy atom. The van der Waals surface area contributed by atoms with Crippen LogP contribution < -0.4 is 5.32 Å². The molecule has 0 bridgehead atoms. The molecule has 32 heavy (non-hydrogen) atoms. The van der Waals surface area contributed by atoms with Gasteiger partial charge in [-0.1, -0.05) is 29.8 Å². The van der Waals surface area contributed by atoms with Gasteiger partial charge in [0, 0.05) is 47.9 Å². The molecule has 2 heterocycles. The monoisotopic (exact) mass is 455 g/mol. The highest BCUT2D eigenvalue weighted by Gasteiger charge is 2.27. The number of hydrogen-bond donors (Lipinski definition) is 1. The number of pyridine rings is 1. The number of amides is 1. The van der Waals surface area contributed by atoms with Gasteiger partial charge in [0.15, 0.2) is 6.61 Å². The van der Waals surface area contributed by atoms with Crippen LogP contribution in [0.3, 0.4) is 0 Å². The number of nitrogens with zero attached hydrogens (tertiary/aromatic N) is 2. The van der Waals surface area contributed by atoms with E-state index in [1.165, 1.54) is 12.1 Å². The van der Waals surface area contributed by atoms with Gasteiger partial charge in [-0.3, -0.25) is 14.7 Å². The molecule has 1 aliphatic rings. The summed E-state index contributed by atoms with van der Waals surface area (Å²) in [5.74, 6) is -1.70. The van der Waals surface area contributed by atoms with Crippen LogP contribution in [0.2, 0.25) is 5.02 Å². The Bertz CT molecular complexity index is 1200. The molecule has 0 atom stereocenters. The summed E-state index contributed by atoms with van der Waals surface area (Å²) in [4.78, 5) is 32.5. The number of benzene rings is 2. The first-order valence-corrected chi connectivity index (χ1v) is 10.8. The van der Waals surface area contributed by atoms with Crippen molar-refractivity contribution in [3.63, 3.8) is 0 Å². The van der Waals surface area contributed by atoms with E-state index in [0.29, 0.717) is 29.2 Å². The van der Waals surface area contributed by atoms with Crippen molar-refractivity contribution >= 4 is 40.1 Å². The zero-order chi connectivity index (χ0) is 22.8. The van der Waals surface area contributed by atoms with Crippen molar-refractivity contribution in [1.29, 1.82) is 0 Å². The predicted molar refractivity (Wildman–Crippen MR) is 121 cm³/mol. The van der Waals surface area contributed by atoms with Crippen molar-refractivity contribution in [3.8, 4) is 0 Å². The maximum absolute atomic E-state index is 13.3. The Hall–Kier alpha value is -3.03. The molecule has 0 spiro atoms. The second-order valence-corrected chi connectivity index (χ2v) is 8.40. The predicted octanol–water partition coefficient (Wildman–Crippen LogP) is 4.59. The fourth-order valence-electron chi connectivity index (χ4n) is 3.86. The van der Waals surface area contributed by atoms with Crippen molar-refractivity contribution < 1.29 is 18.7 Å². The van der Waals surface area contributed by atoms with Gasteiger partial charge in [0.05, 0.1) is 16.1 Å². The van der Waals surface area contributed by atoms with E-state index >= 15 is 0 Å². The number of halogens is 2. The first-order chi connectivity index (χ1) is 15.3. The molecule has 1 amide bonds. The minimum atomic E-state index is -0.583. The third-order valence-corrected chi connectivity index (χ3v) is 5.84. The van der Waals surface area contributed by atoms with Gasteiger partial charge in [0.25, 0.3) is 5.91 Å². The second kappa shape index (κ2) is 9.22. The standard InChI is InChI=1S/C24H23ClFN3O3/c1-14(2)29-10-9-21-17(12-29)23(16-5-3-4-6-20(16)28-21)24(31)32-13-22(30)27-15-7-8-19(26)18(25)11-15/h3-8,11,14H,9-10,12-13H2,1-2H3,(H,27,30). The lowest BCUT2D eigenvalue weighted by molar-refractivity contribution is -0.119. The number of carbonyl (C=O) groups excluding carboxylic acids is 2. The third kappa shape index (κ3) is 4.59. The van der Waals surface area contributed by atoms with Crippen LogP contribution in [0.4, 0.5) is 10.1 Å². The maximum atomic E-state index is 13.3. The number of carbonyl (C=O) groups is 2. The van der Waals surface area contributed by atoms with Crippen LogP contribution in [0.15, 0.2) is 42.5 Å². The fourth-order valence-corrected chi connectivity index (χ4v) is 4.04. The summed E-state index contributed by atoms with van der Waals surface area (Å²) >= 11 is 5.74. The lowest BCUT2D eigenvalue weighted by Gasteiger charge is -2.32. The Balaban J connectivity index is 1.57. The summed E-state index contributed by atoms with van der Waals surface area (Å²) in [6.07, 6.45) is 0.741. The van der Waals surface area contributed by atoms with Crippen molar-refractivity contribution in [2.45, 2.75) is 32.9 Å². The van der Waals surface area contributed by atoms with Gasteiger partial charge in [-0.2, -0.15) is 0 Å². The normalized spacial score (nSPS) is 13.8. The molecule has 1 aliphatic heterocycles. The lowest BCUT2D eigenvalue weighted by atomic mass is 9.95. The van der Waals surface area contributed by atoms with Crippen LogP contribution in [-0.2, 0) is 22.5 Å². The van der Waals surface area contributed by atoms with E-state index in [0.717, 1.165) is 35.8 Å². The molecule has 6 nitrogen and oxygen atoms in total. The van der Waals surface area contributed by atoms with Gasteiger partial charge in [-0.15, -0.1) is 0 Å². The summed E-state index contributed by atoms with van der Waals surface area (Å²) in [7, 11) is 0. The molecule has 1 aromatic heterocycles. The van der Waals surface area contributed by atoms with Gasteiger partial charge in [0.1, 0.15) is 5.82 Å². The van der Waals surface area contributed by atoms with E-state index in [9.17, 15) is 14.0 Å². The molecule has 0 radical (unpaired) electrons. The van der Waals surface area contributed by atoms with Crippen LogP contribution in [0, 0.1) is 5.82 Å². The smallest absolute Gasteiger partial charge is 0.339 e. The molecule has 0 unspecified atom stereocenters. The minimum absolute atomic E-state index is 0.107. The van der Waals surface area contributed by atoms with Crippen molar-refractivity contribution in [3.05, 3.63) is 70.1 Å². The molecule has 0 saturated heterocycles. The number of anilines is 1. The Morgan fingerprint density at radius 2 is 2.03 bits per heavy atom. The van der Waals surface area contributed by atoms with Gasteiger partial charge < -0.3 is 10.1 Å².